The largest absolute Gasteiger partial charge is 0.508 e. The van der Waals surface area contributed by atoms with E-state index in [2.05, 4.69) is 4.98 Å². The summed E-state index contributed by atoms with van der Waals surface area (Å²) in [7, 11) is 0. The molecule has 21 heavy (non-hydrogen) atoms. The molecular formula is C16H10FNO3. The third-order valence-electron chi connectivity index (χ3n) is 3.14. The molecule has 2 aromatic carbocycles. The van der Waals surface area contributed by atoms with Gasteiger partial charge < -0.3 is 10.2 Å². The average Bonchev–Trinajstić information content (AvgIpc) is 2.45. The maximum Gasteiger partial charge on any atom is 0.336 e. The number of hydrogen-bond donors (Lipinski definition) is 2. The van der Waals surface area contributed by atoms with Gasteiger partial charge in [0, 0.05) is 17.0 Å². The first-order chi connectivity index (χ1) is 10.0. The molecule has 0 amide bonds. The number of carboxylic acid groups (broad SMARTS) is 1. The molecule has 4 nitrogen and oxygen atoms in total. The number of aromatic carboxylic acids is 1. The lowest BCUT2D eigenvalue weighted by Crippen LogP contribution is -2.00. The molecule has 3 rings (SSSR count). The van der Waals surface area contributed by atoms with Gasteiger partial charge in [0.1, 0.15) is 11.6 Å². The number of hydrogen-bond acceptors (Lipinski definition) is 3. The molecular weight excluding hydrogens is 273 g/mol. The highest BCUT2D eigenvalue weighted by Crippen LogP contribution is 2.27. The maximum absolute atomic E-state index is 13.3. The highest BCUT2D eigenvalue weighted by molar-refractivity contribution is 6.03. The van der Waals surface area contributed by atoms with Crippen molar-refractivity contribution < 1.29 is 19.4 Å². The van der Waals surface area contributed by atoms with Gasteiger partial charge in [0.15, 0.2) is 0 Å². The number of carboxylic acids is 1. The first-order valence-corrected chi connectivity index (χ1v) is 6.17. The van der Waals surface area contributed by atoms with E-state index in [0.717, 1.165) is 0 Å². The number of carbonyl (C=O) groups is 1. The van der Waals surface area contributed by atoms with Crippen LogP contribution in [-0.4, -0.2) is 21.2 Å². The fourth-order valence-corrected chi connectivity index (χ4v) is 2.19. The summed E-state index contributed by atoms with van der Waals surface area (Å²) in [4.78, 5) is 15.7. The molecule has 1 heterocycles. The lowest BCUT2D eigenvalue weighted by Gasteiger charge is -2.07. The van der Waals surface area contributed by atoms with Gasteiger partial charge in [-0.05, 0) is 30.3 Å². The second-order valence-electron chi connectivity index (χ2n) is 4.57. The smallest absolute Gasteiger partial charge is 0.336 e. The minimum absolute atomic E-state index is 0.0401. The van der Waals surface area contributed by atoms with Crippen molar-refractivity contribution in [3.63, 3.8) is 0 Å². The number of rotatable bonds is 2. The van der Waals surface area contributed by atoms with E-state index in [1.54, 1.807) is 12.1 Å². The van der Waals surface area contributed by atoms with E-state index in [1.807, 2.05) is 0 Å². The fourth-order valence-electron chi connectivity index (χ4n) is 2.19. The number of fused-ring (bicyclic) bond motifs is 1. The quantitative estimate of drug-likeness (QED) is 0.755. The monoisotopic (exact) mass is 283 g/mol. The second-order valence-corrected chi connectivity index (χ2v) is 4.57. The van der Waals surface area contributed by atoms with Gasteiger partial charge in [-0.1, -0.05) is 12.1 Å². The zero-order chi connectivity index (χ0) is 15.0. The zero-order valence-corrected chi connectivity index (χ0v) is 10.7. The molecule has 0 saturated carbocycles. The summed E-state index contributed by atoms with van der Waals surface area (Å²) in [5.41, 5.74) is 1.22. The highest BCUT2D eigenvalue weighted by Gasteiger charge is 2.13. The first kappa shape index (κ1) is 13.1. The summed E-state index contributed by atoms with van der Waals surface area (Å²) in [5.74, 6) is -1.56. The lowest BCUT2D eigenvalue weighted by molar-refractivity contribution is 0.0699. The molecule has 3 aromatic rings. The van der Waals surface area contributed by atoms with Crippen LogP contribution in [0.2, 0.25) is 0 Å². The van der Waals surface area contributed by atoms with Gasteiger partial charge in [0.05, 0.1) is 16.8 Å². The Hall–Kier alpha value is -2.95. The minimum atomic E-state index is -1.12. The molecule has 0 aliphatic heterocycles. The Bertz CT molecular complexity index is 861. The average molecular weight is 283 g/mol. The number of pyridine rings is 1. The molecule has 0 spiro atoms. The Morgan fingerprint density at radius 1 is 1.10 bits per heavy atom. The van der Waals surface area contributed by atoms with E-state index in [9.17, 15) is 19.4 Å². The molecule has 2 N–H and O–H groups in total. The zero-order valence-electron chi connectivity index (χ0n) is 10.7. The Balaban J connectivity index is 2.32. The van der Waals surface area contributed by atoms with Crippen LogP contribution in [0, 0.1) is 5.82 Å². The fraction of sp³-hybridized carbons (Fsp3) is 0. The molecule has 0 saturated heterocycles. The summed E-state index contributed by atoms with van der Waals surface area (Å²) in [5, 5.41) is 19.2. The van der Waals surface area contributed by atoms with Crippen LogP contribution in [0.1, 0.15) is 10.4 Å². The molecule has 0 unspecified atom stereocenters. The van der Waals surface area contributed by atoms with Gasteiger partial charge in [-0.3, -0.25) is 0 Å². The molecule has 0 aliphatic rings. The molecule has 0 aliphatic carbocycles. The number of halogens is 1. The van der Waals surface area contributed by atoms with Crippen molar-refractivity contribution in [3.05, 3.63) is 59.9 Å². The topological polar surface area (TPSA) is 70.4 Å². The van der Waals surface area contributed by atoms with Crippen LogP contribution in [0.5, 0.6) is 5.75 Å². The van der Waals surface area contributed by atoms with Crippen LogP contribution >= 0.6 is 0 Å². The molecule has 0 fully saturated rings. The number of phenolic OH excluding ortho intramolecular Hbond substituents is 1. The van der Waals surface area contributed by atoms with Crippen molar-refractivity contribution in [2.75, 3.05) is 0 Å². The van der Waals surface area contributed by atoms with Gasteiger partial charge in [-0.2, -0.15) is 0 Å². The molecule has 104 valence electrons. The lowest BCUT2D eigenvalue weighted by atomic mass is 10.0. The Kier molecular flexibility index (Phi) is 3.02. The van der Waals surface area contributed by atoms with Gasteiger partial charge >= 0.3 is 5.97 Å². The normalized spacial score (nSPS) is 10.7. The minimum Gasteiger partial charge on any atom is -0.508 e. The van der Waals surface area contributed by atoms with Gasteiger partial charge in [-0.25, -0.2) is 14.2 Å². The van der Waals surface area contributed by atoms with E-state index in [0.29, 0.717) is 16.6 Å². The van der Waals surface area contributed by atoms with Gasteiger partial charge in [0.2, 0.25) is 0 Å². The van der Waals surface area contributed by atoms with Crippen molar-refractivity contribution in [1.82, 2.24) is 4.98 Å². The Labute approximate surface area is 119 Å². The standard InChI is InChI=1S/C16H10FNO3/c17-10-4-5-12-13(16(20)21)8-14(18-15(12)7-10)9-2-1-3-11(19)6-9/h1-8,19H,(H,20,21). The molecule has 1 aromatic heterocycles. The maximum atomic E-state index is 13.3. The third-order valence-corrected chi connectivity index (χ3v) is 3.14. The molecule has 0 radical (unpaired) electrons. The van der Waals surface area contributed by atoms with E-state index in [4.69, 9.17) is 0 Å². The summed E-state index contributed by atoms with van der Waals surface area (Å²) in [6.07, 6.45) is 0. The van der Waals surface area contributed by atoms with Crippen molar-refractivity contribution in [2.24, 2.45) is 0 Å². The molecule has 5 heteroatoms. The number of nitrogens with zero attached hydrogens (tertiary/aromatic N) is 1. The van der Waals surface area contributed by atoms with Crippen LogP contribution in [0.25, 0.3) is 22.2 Å². The number of phenols is 1. The van der Waals surface area contributed by atoms with E-state index in [-0.39, 0.29) is 16.8 Å². The van der Waals surface area contributed by atoms with Crippen LogP contribution in [0.4, 0.5) is 4.39 Å². The number of aromatic nitrogens is 1. The van der Waals surface area contributed by atoms with Crippen molar-refractivity contribution in [3.8, 4) is 17.0 Å². The molecule has 0 atom stereocenters. The number of benzene rings is 2. The summed E-state index contributed by atoms with van der Waals surface area (Å²) in [6, 6.07) is 11.5. The van der Waals surface area contributed by atoms with Crippen LogP contribution in [0.15, 0.2) is 48.5 Å². The van der Waals surface area contributed by atoms with Crippen LogP contribution in [-0.2, 0) is 0 Å². The predicted molar refractivity (Wildman–Crippen MR) is 75.8 cm³/mol. The van der Waals surface area contributed by atoms with Crippen LogP contribution in [0.3, 0.4) is 0 Å². The summed E-state index contributed by atoms with van der Waals surface area (Å²) in [6.45, 7) is 0. The number of aromatic hydroxyl groups is 1. The van der Waals surface area contributed by atoms with E-state index < -0.39 is 11.8 Å². The van der Waals surface area contributed by atoms with Crippen molar-refractivity contribution >= 4 is 16.9 Å². The van der Waals surface area contributed by atoms with Gasteiger partial charge in [0.25, 0.3) is 0 Å². The SMILES string of the molecule is O=C(O)c1cc(-c2cccc(O)c2)nc2cc(F)ccc12. The van der Waals surface area contributed by atoms with Crippen molar-refractivity contribution in [1.29, 1.82) is 0 Å². The van der Waals surface area contributed by atoms with Crippen LogP contribution < -0.4 is 0 Å². The highest BCUT2D eigenvalue weighted by atomic mass is 19.1. The summed E-state index contributed by atoms with van der Waals surface area (Å²) < 4.78 is 13.3. The van der Waals surface area contributed by atoms with Gasteiger partial charge in [-0.15, -0.1) is 0 Å². The Morgan fingerprint density at radius 2 is 1.90 bits per heavy atom. The third kappa shape index (κ3) is 2.41. The molecule has 0 bridgehead atoms. The van der Waals surface area contributed by atoms with Crippen molar-refractivity contribution in [2.45, 2.75) is 0 Å². The second kappa shape index (κ2) is 4.86. The Morgan fingerprint density at radius 3 is 2.62 bits per heavy atom. The summed E-state index contributed by atoms with van der Waals surface area (Å²) >= 11 is 0. The predicted octanol–water partition coefficient (Wildman–Crippen LogP) is 3.44. The van der Waals surface area contributed by atoms with E-state index >= 15 is 0 Å². The first-order valence-electron chi connectivity index (χ1n) is 6.17. The van der Waals surface area contributed by atoms with E-state index in [1.165, 1.54) is 36.4 Å².